The molecule has 5 heteroatoms. The molecule has 0 spiro atoms. The number of nitrogens with zero attached hydrogens (tertiary/aromatic N) is 2. The molecule has 2 aromatic heterocycles. The van der Waals surface area contributed by atoms with Crippen LogP contribution in [-0.4, -0.2) is 17.1 Å². The van der Waals surface area contributed by atoms with Crippen molar-refractivity contribution in [1.29, 1.82) is 0 Å². The lowest BCUT2D eigenvalue weighted by Crippen LogP contribution is -2.00. The summed E-state index contributed by atoms with van der Waals surface area (Å²) in [4.78, 5) is 8.90. The van der Waals surface area contributed by atoms with Crippen molar-refractivity contribution in [2.24, 2.45) is 0 Å². The second-order valence-corrected chi connectivity index (χ2v) is 5.30. The Morgan fingerprint density at radius 3 is 2.68 bits per heavy atom. The molecule has 0 unspecified atom stereocenters. The number of methoxy groups -OCH3 is 1. The van der Waals surface area contributed by atoms with Gasteiger partial charge in [0.1, 0.15) is 6.61 Å². The Morgan fingerprint density at radius 2 is 1.95 bits per heavy atom. The molecule has 0 N–H and O–H groups in total. The third-order valence-corrected chi connectivity index (χ3v) is 3.91. The summed E-state index contributed by atoms with van der Waals surface area (Å²) in [5.41, 5.74) is 3.77. The molecule has 22 heavy (non-hydrogen) atoms. The number of hydrogen-bond donors (Lipinski definition) is 0. The highest BCUT2D eigenvalue weighted by atomic mass is 79.9. The van der Waals surface area contributed by atoms with Gasteiger partial charge in [-0.05, 0) is 17.2 Å². The van der Waals surface area contributed by atoms with Crippen LogP contribution in [0.15, 0.2) is 48.7 Å². The molecule has 3 rings (SSSR count). The highest BCUT2D eigenvalue weighted by Crippen LogP contribution is 2.30. The van der Waals surface area contributed by atoms with Gasteiger partial charge in [0.2, 0.25) is 0 Å². The summed E-state index contributed by atoms with van der Waals surface area (Å²) in [6.07, 6.45) is 1.77. The average molecular weight is 359 g/mol. The van der Waals surface area contributed by atoms with Crippen LogP contribution in [0.5, 0.6) is 11.6 Å². The van der Waals surface area contributed by atoms with E-state index in [1.807, 2.05) is 42.5 Å². The summed E-state index contributed by atoms with van der Waals surface area (Å²) < 4.78 is 11.2. The van der Waals surface area contributed by atoms with Crippen molar-refractivity contribution in [2.75, 3.05) is 7.11 Å². The van der Waals surface area contributed by atoms with Gasteiger partial charge in [-0.2, -0.15) is 0 Å². The van der Waals surface area contributed by atoms with Crippen LogP contribution in [-0.2, 0) is 11.9 Å². The minimum atomic E-state index is 0.461. The third kappa shape index (κ3) is 3.04. The van der Waals surface area contributed by atoms with Crippen LogP contribution in [0.1, 0.15) is 11.1 Å². The first kappa shape index (κ1) is 14.8. The summed E-state index contributed by atoms with van der Waals surface area (Å²) in [5.74, 6) is 1.07. The number of ether oxygens (including phenoxy) is 2. The van der Waals surface area contributed by atoms with E-state index in [1.165, 1.54) is 0 Å². The Labute approximate surface area is 137 Å². The zero-order valence-corrected chi connectivity index (χ0v) is 13.7. The van der Waals surface area contributed by atoms with E-state index in [4.69, 9.17) is 9.47 Å². The molecule has 2 heterocycles. The van der Waals surface area contributed by atoms with Crippen molar-refractivity contribution in [2.45, 2.75) is 11.9 Å². The quantitative estimate of drug-likeness (QED) is 0.643. The molecule has 0 bridgehead atoms. The summed E-state index contributed by atoms with van der Waals surface area (Å²) in [7, 11) is 1.59. The molecule has 112 valence electrons. The molecule has 0 aliphatic rings. The minimum absolute atomic E-state index is 0.461. The summed E-state index contributed by atoms with van der Waals surface area (Å²) in [6, 6.07) is 13.8. The minimum Gasteiger partial charge on any atom is -0.483 e. The molecule has 1 aromatic carbocycles. The van der Waals surface area contributed by atoms with Crippen LogP contribution in [0, 0.1) is 0 Å². The summed E-state index contributed by atoms with van der Waals surface area (Å²) in [5, 5.41) is 0.715. The Kier molecular flexibility index (Phi) is 4.53. The second kappa shape index (κ2) is 6.75. The van der Waals surface area contributed by atoms with E-state index in [0.717, 1.165) is 22.2 Å². The standard InChI is InChI=1S/C17H15BrN2O2/c1-21-17-15(22-11-12-5-3-2-4-6-12)9-14-16(20-17)13(10-18)7-8-19-14/h2-9H,10-11H2,1H3. The van der Waals surface area contributed by atoms with Crippen molar-refractivity contribution in [3.8, 4) is 11.6 Å². The van der Waals surface area contributed by atoms with E-state index < -0.39 is 0 Å². The fourth-order valence-corrected chi connectivity index (χ4v) is 2.63. The van der Waals surface area contributed by atoms with Crippen LogP contribution >= 0.6 is 15.9 Å². The van der Waals surface area contributed by atoms with Gasteiger partial charge in [0.05, 0.1) is 18.1 Å². The molecule has 0 aliphatic heterocycles. The molecular weight excluding hydrogens is 344 g/mol. The molecule has 0 aliphatic carbocycles. The maximum atomic E-state index is 5.86. The number of benzene rings is 1. The molecule has 0 amide bonds. The number of hydrogen-bond acceptors (Lipinski definition) is 4. The van der Waals surface area contributed by atoms with Gasteiger partial charge < -0.3 is 9.47 Å². The van der Waals surface area contributed by atoms with Gasteiger partial charge in [0, 0.05) is 17.6 Å². The monoisotopic (exact) mass is 358 g/mol. The lowest BCUT2D eigenvalue weighted by atomic mass is 10.2. The van der Waals surface area contributed by atoms with Gasteiger partial charge in [-0.15, -0.1) is 0 Å². The number of alkyl halides is 1. The first-order valence-corrected chi connectivity index (χ1v) is 7.99. The number of halogens is 1. The fraction of sp³-hybridized carbons (Fsp3) is 0.176. The van der Waals surface area contributed by atoms with E-state index in [1.54, 1.807) is 13.3 Å². The third-order valence-electron chi connectivity index (χ3n) is 3.30. The molecule has 3 aromatic rings. The van der Waals surface area contributed by atoms with Crippen molar-refractivity contribution < 1.29 is 9.47 Å². The van der Waals surface area contributed by atoms with Gasteiger partial charge in [0.15, 0.2) is 5.75 Å². The maximum Gasteiger partial charge on any atom is 0.257 e. The molecule has 0 fully saturated rings. The van der Waals surface area contributed by atoms with Gasteiger partial charge in [-0.25, -0.2) is 4.98 Å². The van der Waals surface area contributed by atoms with Crippen molar-refractivity contribution in [1.82, 2.24) is 9.97 Å². The lowest BCUT2D eigenvalue weighted by Gasteiger charge is -2.12. The Bertz CT molecular complexity index is 778. The fourth-order valence-electron chi connectivity index (χ4n) is 2.18. The highest BCUT2D eigenvalue weighted by molar-refractivity contribution is 9.08. The van der Waals surface area contributed by atoms with E-state index in [2.05, 4.69) is 25.9 Å². The predicted molar refractivity (Wildman–Crippen MR) is 89.5 cm³/mol. The molecule has 0 radical (unpaired) electrons. The van der Waals surface area contributed by atoms with Crippen LogP contribution in [0.3, 0.4) is 0 Å². The van der Waals surface area contributed by atoms with Crippen LogP contribution < -0.4 is 9.47 Å². The molecule has 4 nitrogen and oxygen atoms in total. The average Bonchev–Trinajstić information content (AvgIpc) is 2.59. The second-order valence-electron chi connectivity index (χ2n) is 4.74. The summed E-state index contributed by atoms with van der Waals surface area (Å²) in [6.45, 7) is 0.461. The Balaban J connectivity index is 1.95. The van der Waals surface area contributed by atoms with Crippen LogP contribution in [0.4, 0.5) is 0 Å². The SMILES string of the molecule is COc1nc2c(CBr)ccnc2cc1OCc1ccccc1. The number of pyridine rings is 2. The highest BCUT2D eigenvalue weighted by Gasteiger charge is 2.12. The molecule has 0 saturated carbocycles. The normalized spacial score (nSPS) is 10.6. The van der Waals surface area contributed by atoms with Crippen molar-refractivity contribution in [3.05, 3.63) is 59.8 Å². The zero-order chi connectivity index (χ0) is 15.4. The van der Waals surface area contributed by atoms with Gasteiger partial charge in [-0.1, -0.05) is 46.3 Å². The van der Waals surface area contributed by atoms with Gasteiger partial charge in [0.25, 0.3) is 5.88 Å². The molecule has 0 atom stereocenters. The van der Waals surface area contributed by atoms with Crippen molar-refractivity contribution in [3.63, 3.8) is 0 Å². The Hall–Kier alpha value is -2.14. The van der Waals surface area contributed by atoms with Gasteiger partial charge in [-0.3, -0.25) is 4.98 Å². The summed E-state index contributed by atoms with van der Waals surface area (Å²) >= 11 is 3.47. The number of rotatable bonds is 5. The smallest absolute Gasteiger partial charge is 0.257 e. The first-order chi connectivity index (χ1) is 10.8. The van der Waals surface area contributed by atoms with Gasteiger partial charge >= 0.3 is 0 Å². The van der Waals surface area contributed by atoms with Crippen LogP contribution in [0.2, 0.25) is 0 Å². The number of aromatic nitrogens is 2. The molecule has 0 saturated heterocycles. The predicted octanol–water partition coefficient (Wildman–Crippen LogP) is 4.11. The first-order valence-electron chi connectivity index (χ1n) is 6.87. The zero-order valence-electron chi connectivity index (χ0n) is 12.1. The van der Waals surface area contributed by atoms with E-state index in [-0.39, 0.29) is 0 Å². The largest absolute Gasteiger partial charge is 0.483 e. The topological polar surface area (TPSA) is 44.2 Å². The lowest BCUT2D eigenvalue weighted by molar-refractivity contribution is 0.280. The maximum absolute atomic E-state index is 5.86. The number of fused-ring (bicyclic) bond motifs is 1. The molecular formula is C17H15BrN2O2. The van der Waals surface area contributed by atoms with Crippen molar-refractivity contribution >= 4 is 27.0 Å². The Morgan fingerprint density at radius 1 is 1.14 bits per heavy atom. The van der Waals surface area contributed by atoms with Crippen LogP contribution in [0.25, 0.3) is 11.0 Å². The van der Waals surface area contributed by atoms with E-state index in [0.29, 0.717) is 23.6 Å². The van der Waals surface area contributed by atoms with E-state index in [9.17, 15) is 0 Å². The van der Waals surface area contributed by atoms with E-state index >= 15 is 0 Å².